The Balaban J connectivity index is 1.67. The lowest BCUT2D eigenvalue weighted by Crippen LogP contribution is -2.35. The summed E-state index contributed by atoms with van der Waals surface area (Å²) in [6.07, 6.45) is 3.49. The normalized spacial score (nSPS) is 18.3. The predicted octanol–water partition coefficient (Wildman–Crippen LogP) is 3.13. The maximum absolute atomic E-state index is 12.8. The lowest BCUT2D eigenvalue weighted by Gasteiger charge is -2.30. The van der Waals surface area contributed by atoms with Gasteiger partial charge in [0.2, 0.25) is 10.0 Å². The summed E-state index contributed by atoms with van der Waals surface area (Å²) in [5.41, 5.74) is 1.78. The summed E-state index contributed by atoms with van der Waals surface area (Å²) in [7, 11) is -3.42. The number of nitrogens with zero attached hydrogens (tertiary/aromatic N) is 2. The van der Waals surface area contributed by atoms with Crippen LogP contribution in [0.2, 0.25) is 0 Å². The van der Waals surface area contributed by atoms with Gasteiger partial charge in [-0.25, -0.2) is 8.42 Å². The molecule has 7 heteroatoms. The number of rotatable bonds is 3. The highest BCUT2D eigenvalue weighted by Crippen LogP contribution is 2.32. The number of anilines is 1. The molecule has 132 valence electrons. The van der Waals surface area contributed by atoms with Gasteiger partial charge in [0.1, 0.15) is 0 Å². The number of fused-ring (bicyclic) bond motifs is 1. The minimum Gasteiger partial charge on any atom is -0.307 e. The van der Waals surface area contributed by atoms with Gasteiger partial charge in [0.25, 0.3) is 5.91 Å². The van der Waals surface area contributed by atoms with E-state index < -0.39 is 10.0 Å². The van der Waals surface area contributed by atoms with E-state index in [1.54, 1.807) is 27.4 Å². The molecule has 25 heavy (non-hydrogen) atoms. The molecule has 3 heterocycles. The molecule has 0 bridgehead atoms. The van der Waals surface area contributed by atoms with Crippen molar-refractivity contribution in [3.8, 4) is 0 Å². The Morgan fingerprint density at radius 2 is 1.84 bits per heavy atom. The quantitative estimate of drug-likeness (QED) is 0.827. The molecule has 0 radical (unpaired) electrons. The average molecular weight is 377 g/mol. The number of hydrogen-bond donors (Lipinski definition) is 0. The molecule has 0 N–H and O–H groups in total. The molecule has 2 aromatic rings. The summed E-state index contributed by atoms with van der Waals surface area (Å²) < 4.78 is 27.1. The summed E-state index contributed by atoms with van der Waals surface area (Å²) in [6.45, 7) is 1.87. The van der Waals surface area contributed by atoms with E-state index >= 15 is 0 Å². The number of aryl methyl sites for hydroxylation is 1. The van der Waals surface area contributed by atoms with Crippen LogP contribution in [0.5, 0.6) is 0 Å². The molecule has 0 aliphatic carbocycles. The number of carbonyl (C=O) groups is 1. The van der Waals surface area contributed by atoms with Crippen molar-refractivity contribution in [1.29, 1.82) is 0 Å². The number of carbonyl (C=O) groups excluding carboxylic acids is 1. The van der Waals surface area contributed by atoms with Gasteiger partial charge in [-0.15, -0.1) is 11.3 Å². The first-order valence-electron chi connectivity index (χ1n) is 8.56. The summed E-state index contributed by atoms with van der Waals surface area (Å²) in [5, 5.41) is 1.89. The van der Waals surface area contributed by atoms with E-state index in [1.165, 1.54) is 11.3 Å². The van der Waals surface area contributed by atoms with Crippen LogP contribution >= 0.6 is 11.3 Å². The number of hydrogen-bond acceptors (Lipinski definition) is 4. The van der Waals surface area contributed by atoms with Gasteiger partial charge in [-0.2, -0.15) is 4.31 Å². The van der Waals surface area contributed by atoms with Gasteiger partial charge in [0.15, 0.2) is 0 Å². The third-order valence-electron chi connectivity index (χ3n) is 4.85. The van der Waals surface area contributed by atoms with Gasteiger partial charge in [0, 0.05) is 25.3 Å². The summed E-state index contributed by atoms with van der Waals surface area (Å²) >= 11 is 1.43. The van der Waals surface area contributed by atoms with Crippen LogP contribution < -0.4 is 4.90 Å². The number of thiophene rings is 1. The van der Waals surface area contributed by atoms with Crippen molar-refractivity contribution < 1.29 is 13.2 Å². The third kappa shape index (κ3) is 3.01. The van der Waals surface area contributed by atoms with Crippen molar-refractivity contribution in [1.82, 2.24) is 4.31 Å². The molecule has 1 aromatic heterocycles. The van der Waals surface area contributed by atoms with E-state index in [1.807, 2.05) is 17.5 Å². The fraction of sp³-hybridized carbons (Fsp3) is 0.389. The van der Waals surface area contributed by atoms with Gasteiger partial charge in [-0.1, -0.05) is 6.07 Å². The van der Waals surface area contributed by atoms with Crippen LogP contribution in [0.25, 0.3) is 0 Å². The Bertz CT molecular complexity index is 885. The molecule has 0 atom stereocenters. The van der Waals surface area contributed by atoms with Crippen LogP contribution in [-0.4, -0.2) is 38.3 Å². The van der Waals surface area contributed by atoms with Crippen molar-refractivity contribution in [2.24, 2.45) is 0 Å². The Morgan fingerprint density at radius 1 is 1.04 bits per heavy atom. The van der Waals surface area contributed by atoms with Crippen LogP contribution in [0.4, 0.5) is 5.69 Å². The summed E-state index contributed by atoms with van der Waals surface area (Å²) in [5.74, 6) is -0.00824. The lowest BCUT2D eigenvalue weighted by atomic mass is 10.0. The standard InChI is InChI=1S/C18H20N2O3S2/c21-18(17-6-4-12-24-17)20-11-3-5-14-13-15(7-8-16(14)20)25(22,23)19-9-1-2-10-19/h4,6-8,12-13H,1-3,5,9-11H2. The van der Waals surface area contributed by atoms with Crippen molar-refractivity contribution in [3.05, 3.63) is 46.2 Å². The molecule has 0 spiro atoms. The second-order valence-electron chi connectivity index (χ2n) is 6.44. The highest BCUT2D eigenvalue weighted by atomic mass is 32.2. The van der Waals surface area contributed by atoms with Crippen LogP contribution in [0.1, 0.15) is 34.5 Å². The molecule has 4 rings (SSSR count). The van der Waals surface area contributed by atoms with Gasteiger partial charge < -0.3 is 4.90 Å². The number of amides is 1. The van der Waals surface area contributed by atoms with E-state index in [-0.39, 0.29) is 5.91 Å². The van der Waals surface area contributed by atoms with Gasteiger partial charge in [-0.05, 0) is 60.9 Å². The monoisotopic (exact) mass is 376 g/mol. The Labute approximate surface area is 151 Å². The topological polar surface area (TPSA) is 57.7 Å². The molecule has 1 saturated heterocycles. The fourth-order valence-electron chi connectivity index (χ4n) is 3.56. The molecule has 0 saturated carbocycles. The van der Waals surface area contributed by atoms with E-state index in [4.69, 9.17) is 0 Å². The zero-order valence-corrected chi connectivity index (χ0v) is 15.5. The molecule has 2 aliphatic heterocycles. The first kappa shape index (κ1) is 16.8. The first-order valence-corrected chi connectivity index (χ1v) is 10.9. The van der Waals surface area contributed by atoms with E-state index in [0.717, 1.165) is 36.9 Å². The van der Waals surface area contributed by atoms with E-state index in [0.29, 0.717) is 29.4 Å². The van der Waals surface area contributed by atoms with Crippen molar-refractivity contribution >= 4 is 33.0 Å². The Hall–Kier alpha value is -1.70. The molecule has 1 fully saturated rings. The molecule has 1 amide bonds. The second kappa shape index (κ2) is 6.55. The molecule has 0 unspecified atom stereocenters. The fourth-order valence-corrected chi connectivity index (χ4v) is 5.80. The van der Waals surface area contributed by atoms with Crippen molar-refractivity contribution in [2.45, 2.75) is 30.6 Å². The van der Waals surface area contributed by atoms with Crippen LogP contribution in [0, 0.1) is 0 Å². The highest BCUT2D eigenvalue weighted by Gasteiger charge is 2.30. The number of benzene rings is 1. The Kier molecular flexibility index (Phi) is 4.39. The zero-order valence-electron chi connectivity index (χ0n) is 13.8. The Morgan fingerprint density at radius 3 is 2.56 bits per heavy atom. The first-order chi connectivity index (χ1) is 12.1. The predicted molar refractivity (Wildman–Crippen MR) is 98.8 cm³/mol. The molecule has 1 aromatic carbocycles. The molecular weight excluding hydrogens is 356 g/mol. The minimum atomic E-state index is -3.42. The van der Waals surface area contributed by atoms with Crippen LogP contribution in [-0.2, 0) is 16.4 Å². The van der Waals surface area contributed by atoms with Crippen molar-refractivity contribution in [3.63, 3.8) is 0 Å². The van der Waals surface area contributed by atoms with Gasteiger partial charge >= 0.3 is 0 Å². The average Bonchev–Trinajstić information content (AvgIpc) is 3.33. The SMILES string of the molecule is O=C(c1cccs1)N1CCCc2cc(S(=O)(=O)N3CCCC3)ccc21. The number of sulfonamides is 1. The summed E-state index contributed by atoms with van der Waals surface area (Å²) in [6, 6.07) is 8.90. The molecule has 2 aliphatic rings. The maximum atomic E-state index is 12.8. The summed E-state index contributed by atoms with van der Waals surface area (Å²) in [4.78, 5) is 15.6. The molecular formula is C18H20N2O3S2. The highest BCUT2D eigenvalue weighted by molar-refractivity contribution is 7.89. The maximum Gasteiger partial charge on any atom is 0.268 e. The smallest absolute Gasteiger partial charge is 0.268 e. The zero-order chi connectivity index (χ0) is 17.4. The molecule has 5 nitrogen and oxygen atoms in total. The second-order valence-corrected chi connectivity index (χ2v) is 9.32. The van der Waals surface area contributed by atoms with Crippen LogP contribution in [0.15, 0.2) is 40.6 Å². The van der Waals surface area contributed by atoms with Gasteiger partial charge in [0.05, 0.1) is 9.77 Å². The van der Waals surface area contributed by atoms with E-state index in [9.17, 15) is 13.2 Å². The van der Waals surface area contributed by atoms with Crippen molar-refractivity contribution in [2.75, 3.05) is 24.5 Å². The third-order valence-corrected chi connectivity index (χ3v) is 7.60. The van der Waals surface area contributed by atoms with Crippen LogP contribution in [0.3, 0.4) is 0 Å². The minimum absolute atomic E-state index is 0.00824. The largest absolute Gasteiger partial charge is 0.307 e. The van der Waals surface area contributed by atoms with E-state index in [2.05, 4.69) is 0 Å². The van der Waals surface area contributed by atoms with Gasteiger partial charge in [-0.3, -0.25) is 4.79 Å². The lowest BCUT2D eigenvalue weighted by molar-refractivity contribution is 0.0989.